The molecule has 1 aliphatic rings. The van der Waals surface area contributed by atoms with Gasteiger partial charge in [0.1, 0.15) is 0 Å². The zero-order chi connectivity index (χ0) is 20.7. The van der Waals surface area contributed by atoms with Crippen molar-refractivity contribution in [2.45, 2.75) is 36.8 Å². The Morgan fingerprint density at radius 3 is 2.72 bits per heavy atom. The highest BCUT2D eigenvalue weighted by molar-refractivity contribution is 7.89. The maximum Gasteiger partial charge on any atom is 0.254 e. The maximum absolute atomic E-state index is 13.1. The Balaban J connectivity index is 1.73. The van der Waals surface area contributed by atoms with Crippen molar-refractivity contribution < 1.29 is 17.9 Å². The summed E-state index contributed by atoms with van der Waals surface area (Å²) in [5.41, 5.74) is 0.426. The van der Waals surface area contributed by atoms with Gasteiger partial charge in [-0.15, -0.1) is 11.3 Å². The quantitative estimate of drug-likeness (QED) is 0.613. The average molecular weight is 434 g/mol. The summed E-state index contributed by atoms with van der Waals surface area (Å²) in [6.45, 7) is 1.77. The predicted molar refractivity (Wildman–Crippen MR) is 110 cm³/mol. The van der Waals surface area contributed by atoms with E-state index in [0.29, 0.717) is 18.7 Å². The summed E-state index contributed by atoms with van der Waals surface area (Å²) in [7, 11) is -3.70. The summed E-state index contributed by atoms with van der Waals surface area (Å²) in [5.74, 6) is -0.157. The molecule has 2 aromatic rings. The predicted octanol–water partition coefficient (Wildman–Crippen LogP) is 2.76. The minimum absolute atomic E-state index is 0.0305. The van der Waals surface area contributed by atoms with Gasteiger partial charge < -0.3 is 9.64 Å². The van der Waals surface area contributed by atoms with Crippen LogP contribution in [0.15, 0.2) is 46.7 Å². The van der Waals surface area contributed by atoms with E-state index in [4.69, 9.17) is 10.00 Å². The molecular weight excluding hydrogens is 410 g/mol. The van der Waals surface area contributed by atoms with Crippen LogP contribution in [-0.2, 0) is 21.3 Å². The molecule has 3 rings (SSSR count). The lowest BCUT2D eigenvalue weighted by Crippen LogP contribution is -2.36. The van der Waals surface area contributed by atoms with Gasteiger partial charge in [0, 0.05) is 36.6 Å². The van der Waals surface area contributed by atoms with E-state index >= 15 is 0 Å². The van der Waals surface area contributed by atoms with Crippen LogP contribution in [0.25, 0.3) is 0 Å². The third-order valence-electron chi connectivity index (χ3n) is 4.60. The van der Waals surface area contributed by atoms with Gasteiger partial charge in [0.05, 0.1) is 23.6 Å². The smallest absolute Gasteiger partial charge is 0.254 e. The monoisotopic (exact) mass is 433 g/mol. The Bertz CT molecular complexity index is 945. The lowest BCUT2D eigenvalue weighted by molar-refractivity contribution is 0.0509. The molecule has 1 fully saturated rings. The SMILES string of the molecule is N#CCCNS(=O)(=O)c1ccc(C(=O)N(Cc2cccs2)CC2CCCO2)cc1. The van der Waals surface area contributed by atoms with Crippen LogP contribution < -0.4 is 4.72 Å². The molecule has 1 aromatic carbocycles. The average Bonchev–Trinajstić information content (AvgIpc) is 3.41. The van der Waals surface area contributed by atoms with Crippen LogP contribution in [0.2, 0.25) is 0 Å². The zero-order valence-electron chi connectivity index (χ0n) is 15.9. The number of benzene rings is 1. The number of nitrogens with zero attached hydrogens (tertiary/aromatic N) is 2. The fourth-order valence-corrected chi connectivity index (χ4v) is 4.88. The summed E-state index contributed by atoms with van der Waals surface area (Å²) in [4.78, 5) is 16.0. The molecule has 1 aromatic heterocycles. The Kier molecular flexibility index (Phi) is 7.39. The molecule has 29 heavy (non-hydrogen) atoms. The molecule has 1 saturated heterocycles. The molecule has 0 bridgehead atoms. The number of amides is 1. The molecule has 7 nitrogen and oxygen atoms in total. The fraction of sp³-hybridized carbons (Fsp3) is 0.400. The van der Waals surface area contributed by atoms with Crippen LogP contribution in [-0.4, -0.2) is 45.0 Å². The number of rotatable bonds is 9. The molecule has 154 valence electrons. The van der Waals surface area contributed by atoms with E-state index in [1.54, 1.807) is 16.2 Å². The molecule has 1 atom stereocenters. The minimum atomic E-state index is -3.70. The molecular formula is C20H23N3O4S2. The summed E-state index contributed by atoms with van der Waals surface area (Å²) < 4.78 is 32.5. The Morgan fingerprint density at radius 1 is 1.31 bits per heavy atom. The number of thiophene rings is 1. The first-order chi connectivity index (χ1) is 14.0. The number of sulfonamides is 1. The van der Waals surface area contributed by atoms with Gasteiger partial charge >= 0.3 is 0 Å². The molecule has 1 unspecified atom stereocenters. The van der Waals surface area contributed by atoms with Crippen molar-refractivity contribution in [2.24, 2.45) is 0 Å². The summed E-state index contributed by atoms with van der Waals surface area (Å²) in [6.07, 6.45) is 2.05. The summed E-state index contributed by atoms with van der Waals surface area (Å²) >= 11 is 1.59. The van der Waals surface area contributed by atoms with Crippen LogP contribution in [0.5, 0.6) is 0 Å². The van der Waals surface area contributed by atoms with Crippen LogP contribution in [0, 0.1) is 11.3 Å². The zero-order valence-corrected chi connectivity index (χ0v) is 17.5. The second kappa shape index (κ2) is 9.98. The largest absolute Gasteiger partial charge is 0.376 e. The van der Waals surface area contributed by atoms with Gasteiger partial charge in [0.2, 0.25) is 10.0 Å². The molecule has 9 heteroatoms. The third kappa shape index (κ3) is 5.87. The molecule has 1 aliphatic heterocycles. The van der Waals surface area contributed by atoms with E-state index in [9.17, 15) is 13.2 Å². The number of nitrogens with one attached hydrogen (secondary N) is 1. The van der Waals surface area contributed by atoms with Crippen molar-refractivity contribution >= 4 is 27.3 Å². The highest BCUT2D eigenvalue weighted by atomic mass is 32.2. The Labute approximate surface area is 175 Å². The number of ether oxygens (including phenoxy) is 1. The van der Waals surface area contributed by atoms with E-state index in [2.05, 4.69) is 4.72 Å². The van der Waals surface area contributed by atoms with Gasteiger partial charge in [-0.1, -0.05) is 6.07 Å². The van der Waals surface area contributed by atoms with E-state index in [1.807, 2.05) is 23.6 Å². The lowest BCUT2D eigenvalue weighted by Gasteiger charge is -2.25. The Hall–Kier alpha value is -2.25. The van der Waals surface area contributed by atoms with Crippen molar-refractivity contribution in [1.82, 2.24) is 9.62 Å². The highest BCUT2D eigenvalue weighted by Crippen LogP contribution is 2.20. The minimum Gasteiger partial charge on any atom is -0.376 e. The van der Waals surface area contributed by atoms with Crippen LogP contribution in [0.1, 0.15) is 34.5 Å². The molecule has 0 aliphatic carbocycles. The summed E-state index contributed by atoms with van der Waals surface area (Å²) in [5, 5.41) is 10.5. The maximum atomic E-state index is 13.1. The number of hydrogen-bond donors (Lipinski definition) is 1. The van der Waals surface area contributed by atoms with E-state index < -0.39 is 10.0 Å². The van der Waals surface area contributed by atoms with Crippen molar-refractivity contribution in [2.75, 3.05) is 19.7 Å². The van der Waals surface area contributed by atoms with Gasteiger partial charge in [0.25, 0.3) is 5.91 Å². The second-order valence-electron chi connectivity index (χ2n) is 6.73. The lowest BCUT2D eigenvalue weighted by atomic mass is 10.1. The third-order valence-corrected chi connectivity index (χ3v) is 6.94. The standard InChI is InChI=1S/C20H23N3O4S2/c21-10-3-11-22-29(25,26)19-8-6-16(7-9-19)20(24)23(14-17-4-1-12-27-17)15-18-5-2-13-28-18/h2,5-9,13,17,22H,1,3-4,11-12,14-15H2. The van der Waals surface area contributed by atoms with Crippen LogP contribution in [0.3, 0.4) is 0 Å². The molecule has 0 radical (unpaired) electrons. The molecule has 2 heterocycles. The van der Waals surface area contributed by atoms with E-state index in [1.165, 1.54) is 24.3 Å². The van der Waals surface area contributed by atoms with Crippen LogP contribution in [0.4, 0.5) is 0 Å². The topological polar surface area (TPSA) is 99.5 Å². The van der Waals surface area contributed by atoms with Gasteiger partial charge in [-0.05, 0) is 48.6 Å². The first-order valence-electron chi connectivity index (χ1n) is 9.39. The van der Waals surface area contributed by atoms with Gasteiger partial charge in [0.15, 0.2) is 0 Å². The Morgan fingerprint density at radius 2 is 2.10 bits per heavy atom. The van der Waals surface area contributed by atoms with Gasteiger partial charge in [-0.3, -0.25) is 4.79 Å². The number of carbonyl (C=O) groups is 1. The number of hydrogen-bond acceptors (Lipinski definition) is 6. The van der Waals surface area contributed by atoms with Crippen molar-refractivity contribution in [3.05, 3.63) is 52.2 Å². The molecule has 0 saturated carbocycles. The molecule has 0 spiro atoms. The van der Waals surface area contributed by atoms with Crippen molar-refractivity contribution in [3.8, 4) is 6.07 Å². The van der Waals surface area contributed by atoms with E-state index in [-0.39, 0.29) is 29.9 Å². The van der Waals surface area contributed by atoms with Gasteiger partial charge in [-0.25, -0.2) is 13.1 Å². The first-order valence-corrected chi connectivity index (χ1v) is 11.8. The highest BCUT2D eigenvalue weighted by Gasteiger charge is 2.24. The van der Waals surface area contributed by atoms with Gasteiger partial charge in [-0.2, -0.15) is 5.26 Å². The molecule has 1 amide bonds. The van der Waals surface area contributed by atoms with E-state index in [0.717, 1.165) is 24.3 Å². The van der Waals surface area contributed by atoms with Crippen molar-refractivity contribution in [1.29, 1.82) is 5.26 Å². The second-order valence-corrected chi connectivity index (χ2v) is 9.53. The fourth-order valence-electron chi connectivity index (χ4n) is 3.13. The van der Waals surface area contributed by atoms with Crippen LogP contribution >= 0.6 is 11.3 Å². The van der Waals surface area contributed by atoms with Crippen molar-refractivity contribution in [3.63, 3.8) is 0 Å². The summed E-state index contributed by atoms with van der Waals surface area (Å²) in [6, 6.07) is 11.7. The normalized spacial score (nSPS) is 16.4. The molecule has 1 N–H and O–H groups in total. The number of carbonyl (C=O) groups excluding carboxylic acids is 1. The first kappa shape index (κ1) is 21.5. The number of nitriles is 1.